The Morgan fingerprint density at radius 1 is 1.20 bits per heavy atom. The van der Waals surface area contributed by atoms with E-state index in [4.69, 9.17) is 26.2 Å². The van der Waals surface area contributed by atoms with Crippen molar-refractivity contribution in [1.29, 1.82) is 0 Å². The summed E-state index contributed by atoms with van der Waals surface area (Å²) in [5.41, 5.74) is 14.2. The molecule has 2 aromatic heterocycles. The molecule has 3 aromatic rings. The van der Waals surface area contributed by atoms with E-state index in [1.807, 2.05) is 0 Å². The van der Waals surface area contributed by atoms with Crippen molar-refractivity contribution in [3.8, 4) is 22.9 Å². The number of hydrogen-bond donors (Lipinski definition) is 3. The van der Waals surface area contributed by atoms with Crippen molar-refractivity contribution in [2.45, 2.75) is 32.2 Å². The van der Waals surface area contributed by atoms with Gasteiger partial charge in [0.1, 0.15) is 17.5 Å². The van der Waals surface area contributed by atoms with Gasteiger partial charge >= 0.3 is 6.01 Å². The lowest BCUT2D eigenvalue weighted by molar-refractivity contribution is -0.120. The van der Waals surface area contributed by atoms with Gasteiger partial charge in [-0.2, -0.15) is 9.97 Å². The molecule has 1 saturated carbocycles. The number of nitrogens with two attached hydrogens (primary N) is 2. The normalized spacial score (nSPS) is 17.9. The minimum absolute atomic E-state index is 0.0726. The van der Waals surface area contributed by atoms with Gasteiger partial charge in [-0.1, -0.05) is 0 Å². The summed E-state index contributed by atoms with van der Waals surface area (Å²) in [7, 11) is 1.58. The van der Waals surface area contributed by atoms with Crippen LogP contribution in [-0.4, -0.2) is 71.0 Å². The molecule has 2 fully saturated rings. The summed E-state index contributed by atoms with van der Waals surface area (Å²) in [6, 6.07) is 2.78. The molecular weight excluding hydrogens is 517 g/mol. The molecule has 13 heteroatoms. The first kappa shape index (κ1) is 26.0. The van der Waals surface area contributed by atoms with E-state index in [2.05, 4.69) is 20.2 Å². The van der Waals surface area contributed by atoms with Crippen molar-refractivity contribution in [3.05, 3.63) is 47.4 Å². The van der Waals surface area contributed by atoms with Crippen molar-refractivity contribution < 1.29 is 18.7 Å². The van der Waals surface area contributed by atoms with E-state index in [0.717, 1.165) is 18.4 Å². The fourth-order valence-corrected chi connectivity index (χ4v) is 5.71. The number of anilines is 2. The fourth-order valence-electron chi connectivity index (χ4n) is 5.71. The van der Waals surface area contributed by atoms with E-state index < -0.39 is 5.82 Å². The zero-order valence-electron chi connectivity index (χ0n) is 22.3. The highest BCUT2D eigenvalue weighted by atomic mass is 19.1. The number of carbonyl (C=O) groups is 2. The second kappa shape index (κ2) is 9.75. The van der Waals surface area contributed by atoms with Gasteiger partial charge in [0.15, 0.2) is 5.75 Å². The lowest BCUT2D eigenvalue weighted by Crippen LogP contribution is -2.44. The largest absolute Gasteiger partial charge is 0.421 e. The van der Waals surface area contributed by atoms with Gasteiger partial charge in [0.05, 0.1) is 42.9 Å². The van der Waals surface area contributed by atoms with Gasteiger partial charge in [0, 0.05) is 37.5 Å². The predicted octanol–water partition coefficient (Wildman–Crippen LogP) is 1.04. The molecule has 40 heavy (non-hydrogen) atoms. The maximum absolute atomic E-state index is 15.0. The van der Waals surface area contributed by atoms with E-state index in [9.17, 15) is 9.59 Å². The van der Waals surface area contributed by atoms with E-state index in [1.54, 1.807) is 26.4 Å². The number of aromatic nitrogens is 4. The van der Waals surface area contributed by atoms with Crippen LogP contribution in [0.15, 0.2) is 24.5 Å². The lowest BCUT2D eigenvalue weighted by atomic mass is 10.0. The molecule has 3 heterocycles. The maximum atomic E-state index is 15.0. The number of benzene rings is 1. The summed E-state index contributed by atoms with van der Waals surface area (Å²) in [6.45, 7) is 2.64. The first-order valence-corrected chi connectivity index (χ1v) is 13.1. The molecule has 0 bridgehead atoms. The highest BCUT2D eigenvalue weighted by Crippen LogP contribution is 2.55. The number of fused-ring (bicyclic) bond motifs is 3. The van der Waals surface area contributed by atoms with Gasteiger partial charge in [-0.25, -0.2) is 14.4 Å². The van der Waals surface area contributed by atoms with E-state index in [0.29, 0.717) is 59.4 Å². The Balaban J connectivity index is 1.45. The molecule has 1 aromatic carbocycles. The average Bonchev–Trinajstić information content (AvgIpc) is 3.51. The zero-order chi connectivity index (χ0) is 28.2. The number of halogens is 1. The molecule has 0 radical (unpaired) electrons. The third kappa shape index (κ3) is 4.50. The Hall–Kier alpha value is -4.23. The Morgan fingerprint density at radius 2 is 1.95 bits per heavy atom. The molecule has 1 saturated heterocycles. The topological polar surface area (TPSA) is 165 Å². The van der Waals surface area contributed by atoms with E-state index in [1.165, 1.54) is 17.0 Å². The molecule has 1 atom stereocenters. The molecule has 12 nitrogen and oxygen atoms in total. The number of nitrogens with zero attached hydrogens (tertiary/aromatic N) is 6. The van der Waals surface area contributed by atoms with Crippen LogP contribution in [0.5, 0.6) is 11.8 Å². The van der Waals surface area contributed by atoms with Gasteiger partial charge in [0.25, 0.3) is 0 Å². The second-order valence-corrected chi connectivity index (χ2v) is 10.6. The standard InChI is InChI=1S/C27H30FN9O3/c1-14-31-10-16(11-32-14)40-26-33-19-7-17-18(5-15(28)6-20(17)36(2)23(39)9-30)24(19)25(35-26)37-12-21(34-22(38)8-29)27(13-37)3-4-27/h5-6,10-11,21H,3-4,7-9,12-13,29-30H2,1-2H3,(H,34,38)/t21-/m0/s1. The average molecular weight is 548 g/mol. The van der Waals surface area contributed by atoms with Crippen LogP contribution in [0, 0.1) is 18.2 Å². The molecule has 3 aliphatic rings. The smallest absolute Gasteiger partial charge is 0.324 e. The van der Waals surface area contributed by atoms with Crippen molar-refractivity contribution in [3.63, 3.8) is 0 Å². The van der Waals surface area contributed by atoms with Crippen LogP contribution in [0.1, 0.15) is 29.9 Å². The summed E-state index contributed by atoms with van der Waals surface area (Å²) in [4.78, 5) is 45.9. The minimum atomic E-state index is -0.491. The predicted molar refractivity (Wildman–Crippen MR) is 144 cm³/mol. The number of ether oxygens (including phenoxy) is 1. The number of aryl methyl sites for hydroxylation is 1. The number of rotatable bonds is 7. The first-order valence-electron chi connectivity index (χ1n) is 13.1. The Labute approximate surface area is 230 Å². The van der Waals surface area contributed by atoms with Crippen LogP contribution in [0.3, 0.4) is 0 Å². The van der Waals surface area contributed by atoms with Crippen LogP contribution < -0.4 is 31.3 Å². The van der Waals surface area contributed by atoms with Gasteiger partial charge in [-0.3, -0.25) is 9.59 Å². The van der Waals surface area contributed by atoms with Gasteiger partial charge < -0.3 is 31.3 Å². The molecule has 2 amide bonds. The molecule has 0 unspecified atom stereocenters. The number of likely N-dealkylation sites (N-methyl/N-ethyl adjacent to an activating group) is 1. The number of nitrogens with one attached hydrogen (secondary N) is 1. The monoisotopic (exact) mass is 547 g/mol. The quantitative estimate of drug-likeness (QED) is 0.304. The van der Waals surface area contributed by atoms with Crippen molar-refractivity contribution in [2.75, 3.05) is 43.0 Å². The van der Waals surface area contributed by atoms with Gasteiger partial charge in [-0.05, 0) is 43.0 Å². The minimum Gasteiger partial charge on any atom is -0.421 e. The van der Waals surface area contributed by atoms with Crippen LogP contribution >= 0.6 is 0 Å². The number of hydrogen-bond acceptors (Lipinski definition) is 10. The number of amides is 2. The maximum Gasteiger partial charge on any atom is 0.324 e. The summed E-state index contributed by atoms with van der Waals surface area (Å²) < 4.78 is 21.0. The van der Waals surface area contributed by atoms with Crippen LogP contribution in [0.4, 0.5) is 15.9 Å². The molecule has 1 aliphatic heterocycles. The molecule has 6 rings (SSSR count). The van der Waals surface area contributed by atoms with Crippen molar-refractivity contribution in [2.24, 2.45) is 16.9 Å². The van der Waals surface area contributed by atoms with Crippen LogP contribution in [0.2, 0.25) is 0 Å². The highest BCUT2D eigenvalue weighted by molar-refractivity contribution is 5.98. The second-order valence-electron chi connectivity index (χ2n) is 10.6. The first-order chi connectivity index (χ1) is 19.2. The Kier molecular flexibility index (Phi) is 6.34. The molecule has 5 N–H and O–H groups in total. The number of carbonyl (C=O) groups excluding carboxylic acids is 2. The fraction of sp³-hybridized carbons (Fsp3) is 0.407. The van der Waals surface area contributed by atoms with Gasteiger partial charge in [-0.15, -0.1) is 0 Å². The van der Waals surface area contributed by atoms with Crippen molar-refractivity contribution in [1.82, 2.24) is 25.3 Å². The molecule has 208 valence electrons. The van der Waals surface area contributed by atoms with E-state index >= 15 is 4.39 Å². The Morgan fingerprint density at radius 3 is 2.62 bits per heavy atom. The highest BCUT2D eigenvalue weighted by Gasteiger charge is 2.56. The summed E-state index contributed by atoms with van der Waals surface area (Å²) in [6.07, 6.45) is 5.36. The Bertz CT molecular complexity index is 1510. The molecular formula is C27H30FN9O3. The van der Waals surface area contributed by atoms with Crippen LogP contribution in [0.25, 0.3) is 11.1 Å². The van der Waals surface area contributed by atoms with Gasteiger partial charge in [0.2, 0.25) is 11.8 Å². The lowest BCUT2D eigenvalue weighted by Gasteiger charge is -2.22. The summed E-state index contributed by atoms with van der Waals surface area (Å²) >= 11 is 0. The zero-order valence-corrected chi connectivity index (χ0v) is 22.3. The summed E-state index contributed by atoms with van der Waals surface area (Å²) in [5.74, 6) is 0.509. The van der Waals surface area contributed by atoms with E-state index in [-0.39, 0.29) is 42.4 Å². The molecule has 2 aliphatic carbocycles. The third-order valence-corrected chi connectivity index (χ3v) is 7.99. The SMILES string of the molecule is Cc1ncc(Oc2nc3c(c(N4C[C@H](NC(=O)CN)C5(CC5)C4)n2)-c2cc(F)cc(N(C)C(=O)CN)c2C3)cn1. The molecule has 1 spiro atoms. The third-order valence-electron chi connectivity index (χ3n) is 7.99. The van der Waals surface area contributed by atoms with Crippen molar-refractivity contribution >= 4 is 23.3 Å². The summed E-state index contributed by atoms with van der Waals surface area (Å²) in [5, 5.41) is 3.07. The van der Waals surface area contributed by atoms with Crippen LogP contribution in [-0.2, 0) is 16.0 Å².